The maximum Gasteiger partial charge on any atom is 0.272 e. The van der Waals surface area contributed by atoms with Crippen LogP contribution in [-0.2, 0) is 4.74 Å². The van der Waals surface area contributed by atoms with E-state index in [4.69, 9.17) is 27.9 Å². The van der Waals surface area contributed by atoms with E-state index in [1.165, 1.54) is 18.3 Å². The molecule has 2 amide bonds. The number of hydrogen-bond donors (Lipinski definition) is 1. The van der Waals surface area contributed by atoms with Crippen molar-refractivity contribution in [1.82, 2.24) is 9.88 Å². The monoisotopic (exact) mass is 379 g/mol. The molecule has 1 aromatic heterocycles. The Morgan fingerprint density at radius 2 is 1.88 bits per heavy atom. The van der Waals surface area contributed by atoms with E-state index in [2.05, 4.69) is 10.3 Å². The molecule has 3 rings (SSSR count). The van der Waals surface area contributed by atoms with Crippen LogP contribution < -0.4 is 5.32 Å². The smallest absolute Gasteiger partial charge is 0.272 e. The lowest BCUT2D eigenvalue weighted by Gasteiger charge is -2.26. The number of rotatable bonds is 3. The van der Waals surface area contributed by atoms with Crippen molar-refractivity contribution in [3.05, 3.63) is 57.8 Å². The topological polar surface area (TPSA) is 71.5 Å². The van der Waals surface area contributed by atoms with Crippen molar-refractivity contribution >= 4 is 40.7 Å². The molecule has 25 heavy (non-hydrogen) atoms. The van der Waals surface area contributed by atoms with Gasteiger partial charge < -0.3 is 15.0 Å². The van der Waals surface area contributed by atoms with E-state index in [9.17, 15) is 9.59 Å². The van der Waals surface area contributed by atoms with Crippen LogP contribution in [0, 0.1) is 0 Å². The number of hydrogen-bond acceptors (Lipinski definition) is 4. The third kappa shape index (κ3) is 4.28. The summed E-state index contributed by atoms with van der Waals surface area (Å²) in [6, 6.07) is 7.78. The van der Waals surface area contributed by atoms with E-state index in [0.29, 0.717) is 47.6 Å². The lowest BCUT2D eigenvalue weighted by Crippen LogP contribution is -2.41. The maximum atomic E-state index is 12.5. The van der Waals surface area contributed by atoms with Crippen molar-refractivity contribution in [2.24, 2.45) is 0 Å². The lowest BCUT2D eigenvalue weighted by atomic mass is 10.2. The fourth-order valence-electron chi connectivity index (χ4n) is 2.40. The molecule has 0 spiro atoms. The summed E-state index contributed by atoms with van der Waals surface area (Å²) in [5.74, 6) is -0.624. The summed E-state index contributed by atoms with van der Waals surface area (Å²) in [6.07, 6.45) is 1.43. The van der Waals surface area contributed by atoms with Crippen LogP contribution >= 0.6 is 23.2 Å². The number of anilines is 1. The van der Waals surface area contributed by atoms with Gasteiger partial charge in [-0.1, -0.05) is 23.2 Å². The van der Waals surface area contributed by atoms with Gasteiger partial charge in [0.15, 0.2) is 0 Å². The Labute approximate surface area is 154 Å². The van der Waals surface area contributed by atoms with Crippen LogP contribution in [0.1, 0.15) is 20.8 Å². The van der Waals surface area contributed by atoms with Crippen molar-refractivity contribution in [3.63, 3.8) is 0 Å². The second kappa shape index (κ2) is 7.82. The average Bonchev–Trinajstić information content (AvgIpc) is 2.65. The summed E-state index contributed by atoms with van der Waals surface area (Å²) in [5.41, 5.74) is 0.923. The predicted molar refractivity (Wildman–Crippen MR) is 95.4 cm³/mol. The van der Waals surface area contributed by atoms with E-state index in [1.807, 2.05) is 0 Å². The first-order chi connectivity index (χ1) is 12.0. The maximum absolute atomic E-state index is 12.5. The number of ether oxygens (including phenoxy) is 1. The van der Waals surface area contributed by atoms with Crippen LogP contribution in [0.4, 0.5) is 5.69 Å². The minimum Gasteiger partial charge on any atom is -0.378 e. The first kappa shape index (κ1) is 17.7. The first-order valence-corrected chi connectivity index (χ1v) is 8.39. The number of nitrogens with zero attached hydrogens (tertiary/aromatic N) is 2. The van der Waals surface area contributed by atoms with Gasteiger partial charge in [-0.2, -0.15) is 0 Å². The molecule has 1 aromatic carbocycles. The zero-order valence-electron chi connectivity index (χ0n) is 13.2. The van der Waals surface area contributed by atoms with Gasteiger partial charge in [-0.05, 0) is 30.3 Å². The molecule has 0 unspecified atom stereocenters. The Kier molecular flexibility index (Phi) is 5.53. The van der Waals surface area contributed by atoms with Gasteiger partial charge in [0.1, 0.15) is 5.69 Å². The zero-order valence-corrected chi connectivity index (χ0v) is 14.7. The molecule has 1 N–H and O–H groups in total. The summed E-state index contributed by atoms with van der Waals surface area (Å²) in [7, 11) is 0. The minimum absolute atomic E-state index is 0.215. The summed E-state index contributed by atoms with van der Waals surface area (Å²) in [4.78, 5) is 30.6. The molecule has 0 aliphatic carbocycles. The summed E-state index contributed by atoms with van der Waals surface area (Å²) >= 11 is 12.0. The molecule has 1 aliphatic rings. The number of benzene rings is 1. The van der Waals surface area contributed by atoms with Gasteiger partial charge in [-0.25, -0.2) is 0 Å². The number of halogens is 2. The molecule has 1 fully saturated rings. The summed E-state index contributed by atoms with van der Waals surface area (Å²) in [6.45, 7) is 2.02. The van der Waals surface area contributed by atoms with Gasteiger partial charge in [0.25, 0.3) is 11.8 Å². The third-order valence-electron chi connectivity index (χ3n) is 3.72. The largest absolute Gasteiger partial charge is 0.378 e. The Morgan fingerprint density at radius 3 is 2.64 bits per heavy atom. The SMILES string of the molecule is O=C(Nc1cc(Cl)ccc1Cl)c1ccnc(C(=O)N2CCOCC2)c1. The number of amides is 2. The van der Waals surface area contributed by atoms with Crippen LogP contribution in [0.25, 0.3) is 0 Å². The summed E-state index contributed by atoms with van der Waals surface area (Å²) < 4.78 is 5.23. The van der Waals surface area contributed by atoms with Crippen LogP contribution in [0.3, 0.4) is 0 Å². The number of carbonyl (C=O) groups is 2. The van der Waals surface area contributed by atoms with E-state index in [1.54, 1.807) is 23.1 Å². The highest BCUT2D eigenvalue weighted by Gasteiger charge is 2.20. The molecule has 130 valence electrons. The number of nitrogens with one attached hydrogen (secondary N) is 1. The Balaban J connectivity index is 1.77. The van der Waals surface area contributed by atoms with Gasteiger partial charge in [0.05, 0.1) is 23.9 Å². The molecule has 8 heteroatoms. The molecule has 0 atom stereocenters. The van der Waals surface area contributed by atoms with E-state index in [-0.39, 0.29) is 11.6 Å². The minimum atomic E-state index is -0.400. The molecule has 2 aromatic rings. The number of morpholine rings is 1. The number of carbonyl (C=O) groups excluding carboxylic acids is 2. The fourth-order valence-corrected chi connectivity index (χ4v) is 2.74. The highest BCUT2D eigenvalue weighted by molar-refractivity contribution is 6.35. The molecular weight excluding hydrogens is 365 g/mol. The second-order valence-electron chi connectivity index (χ2n) is 5.41. The van der Waals surface area contributed by atoms with E-state index < -0.39 is 5.91 Å². The molecule has 6 nitrogen and oxygen atoms in total. The molecule has 0 bridgehead atoms. The van der Waals surface area contributed by atoms with Crippen molar-refractivity contribution in [2.75, 3.05) is 31.6 Å². The Morgan fingerprint density at radius 1 is 1.12 bits per heavy atom. The molecule has 0 radical (unpaired) electrons. The average molecular weight is 380 g/mol. The van der Waals surface area contributed by atoms with Crippen LogP contribution in [-0.4, -0.2) is 48.0 Å². The highest BCUT2D eigenvalue weighted by Crippen LogP contribution is 2.26. The first-order valence-electron chi connectivity index (χ1n) is 7.64. The Hall–Kier alpha value is -2.15. The number of pyridine rings is 1. The van der Waals surface area contributed by atoms with Gasteiger partial charge in [-0.15, -0.1) is 0 Å². The van der Waals surface area contributed by atoms with Crippen molar-refractivity contribution in [3.8, 4) is 0 Å². The van der Waals surface area contributed by atoms with E-state index >= 15 is 0 Å². The Bertz CT molecular complexity index is 807. The second-order valence-corrected chi connectivity index (χ2v) is 6.26. The summed E-state index contributed by atoms with van der Waals surface area (Å²) in [5, 5.41) is 3.51. The predicted octanol–water partition coefficient (Wildman–Crippen LogP) is 3.11. The van der Waals surface area contributed by atoms with Gasteiger partial charge in [-0.3, -0.25) is 14.6 Å². The lowest BCUT2D eigenvalue weighted by molar-refractivity contribution is 0.0299. The zero-order chi connectivity index (χ0) is 17.8. The number of aromatic nitrogens is 1. The van der Waals surface area contributed by atoms with Crippen LogP contribution in [0.2, 0.25) is 10.0 Å². The van der Waals surface area contributed by atoms with E-state index in [0.717, 1.165) is 0 Å². The van der Waals surface area contributed by atoms with Gasteiger partial charge >= 0.3 is 0 Å². The standard InChI is InChI=1S/C17H15Cl2N3O3/c18-12-1-2-13(19)14(10-12)21-16(23)11-3-4-20-15(9-11)17(24)22-5-7-25-8-6-22/h1-4,9-10H,5-8H2,(H,21,23). The van der Waals surface area contributed by atoms with Crippen LogP contribution in [0.15, 0.2) is 36.5 Å². The highest BCUT2D eigenvalue weighted by atomic mass is 35.5. The molecule has 1 saturated heterocycles. The van der Waals surface area contributed by atoms with Crippen molar-refractivity contribution < 1.29 is 14.3 Å². The van der Waals surface area contributed by atoms with Crippen molar-refractivity contribution in [2.45, 2.75) is 0 Å². The quantitative estimate of drug-likeness (QED) is 0.888. The molecule has 1 aliphatic heterocycles. The molecular formula is C17H15Cl2N3O3. The third-order valence-corrected chi connectivity index (χ3v) is 4.28. The normalized spacial score (nSPS) is 14.2. The van der Waals surface area contributed by atoms with Gasteiger partial charge in [0, 0.05) is 29.9 Å². The van der Waals surface area contributed by atoms with Crippen molar-refractivity contribution in [1.29, 1.82) is 0 Å². The van der Waals surface area contributed by atoms with Gasteiger partial charge in [0.2, 0.25) is 0 Å². The molecule has 2 heterocycles. The fraction of sp³-hybridized carbons (Fsp3) is 0.235. The van der Waals surface area contributed by atoms with Crippen LogP contribution in [0.5, 0.6) is 0 Å². The molecule has 0 saturated carbocycles.